The zero-order chi connectivity index (χ0) is 19.8. The average molecular weight is 376 g/mol. The highest BCUT2D eigenvalue weighted by molar-refractivity contribution is 6.34. The van der Waals surface area contributed by atoms with Crippen molar-refractivity contribution in [3.8, 4) is 0 Å². The minimum absolute atomic E-state index is 0.234. The van der Waals surface area contributed by atoms with Crippen LogP contribution in [-0.2, 0) is 16.1 Å². The van der Waals surface area contributed by atoms with Gasteiger partial charge in [-0.3, -0.25) is 4.79 Å². The van der Waals surface area contributed by atoms with Gasteiger partial charge in [0.05, 0.1) is 24.1 Å². The van der Waals surface area contributed by atoms with Gasteiger partial charge in [-0.15, -0.1) is 0 Å². The van der Waals surface area contributed by atoms with Crippen LogP contribution in [0, 0.1) is 5.82 Å². The molecular formula is C20H19F3N2O2. The van der Waals surface area contributed by atoms with Gasteiger partial charge in [0.25, 0.3) is 6.43 Å². The minimum atomic E-state index is -2.91. The van der Waals surface area contributed by atoms with Gasteiger partial charge >= 0.3 is 0 Å². The van der Waals surface area contributed by atoms with E-state index < -0.39 is 24.0 Å². The number of halogens is 3. The smallest absolute Gasteiger partial charge is 0.277 e. The fourth-order valence-corrected chi connectivity index (χ4v) is 2.30. The number of nitrogens with zero attached hydrogens (tertiary/aromatic N) is 1. The molecule has 2 N–H and O–H groups in total. The van der Waals surface area contributed by atoms with E-state index in [2.05, 4.69) is 4.99 Å². The molecule has 4 nitrogen and oxygen atoms in total. The molecule has 0 amide bonds. The van der Waals surface area contributed by atoms with Gasteiger partial charge in [-0.1, -0.05) is 30.3 Å². The summed E-state index contributed by atoms with van der Waals surface area (Å²) in [6, 6.07) is 13.1. The zero-order valence-electron chi connectivity index (χ0n) is 14.6. The van der Waals surface area contributed by atoms with E-state index in [-0.39, 0.29) is 11.4 Å². The van der Waals surface area contributed by atoms with Crippen LogP contribution < -0.4 is 5.73 Å². The summed E-state index contributed by atoms with van der Waals surface area (Å²) in [6.07, 6.45) is -2.36. The molecule has 142 valence electrons. The second-order valence-corrected chi connectivity index (χ2v) is 5.74. The standard InChI is InChI=1S/C20H19F3N2O2/c1-13(27-12-14-5-3-2-4-6-14)17-9-15(21)7-8-19(17)25-16(11-26)10-18(24)20(22)23/h2-11,13,20H,12,24H2,1H3/t13-/m1/s1. The van der Waals surface area contributed by atoms with Gasteiger partial charge in [0.1, 0.15) is 11.5 Å². The lowest BCUT2D eigenvalue weighted by Crippen LogP contribution is -2.11. The van der Waals surface area contributed by atoms with Crippen LogP contribution in [0.25, 0.3) is 0 Å². The topological polar surface area (TPSA) is 64.7 Å². The van der Waals surface area contributed by atoms with Crippen molar-refractivity contribution in [3.63, 3.8) is 0 Å². The summed E-state index contributed by atoms with van der Waals surface area (Å²) in [7, 11) is 0. The Balaban J connectivity index is 2.28. The predicted molar refractivity (Wildman–Crippen MR) is 97.5 cm³/mol. The lowest BCUT2D eigenvalue weighted by molar-refractivity contribution is -0.102. The summed E-state index contributed by atoms with van der Waals surface area (Å²) in [4.78, 5) is 15.2. The Bertz CT molecular complexity index is 836. The van der Waals surface area contributed by atoms with Crippen molar-refractivity contribution in [1.82, 2.24) is 0 Å². The molecule has 0 aliphatic heterocycles. The zero-order valence-corrected chi connectivity index (χ0v) is 14.6. The highest BCUT2D eigenvalue weighted by Crippen LogP contribution is 2.29. The minimum Gasteiger partial charge on any atom is -0.397 e. The van der Waals surface area contributed by atoms with Crippen molar-refractivity contribution in [1.29, 1.82) is 0 Å². The maximum Gasteiger partial charge on any atom is 0.277 e. The Morgan fingerprint density at radius 1 is 1.22 bits per heavy atom. The fraction of sp³-hybridized carbons (Fsp3) is 0.200. The summed E-state index contributed by atoms with van der Waals surface area (Å²) in [5.74, 6) is -0.505. The first-order valence-electron chi connectivity index (χ1n) is 8.14. The first-order chi connectivity index (χ1) is 12.9. The molecule has 0 aliphatic carbocycles. The van der Waals surface area contributed by atoms with Gasteiger partial charge in [0.15, 0.2) is 6.29 Å². The average Bonchev–Trinajstić information content (AvgIpc) is 2.67. The molecule has 0 spiro atoms. The number of ether oxygens (including phenoxy) is 1. The van der Waals surface area contributed by atoms with Crippen molar-refractivity contribution >= 4 is 17.7 Å². The number of benzene rings is 2. The van der Waals surface area contributed by atoms with Crippen LogP contribution in [-0.4, -0.2) is 18.4 Å². The molecule has 2 aromatic rings. The molecule has 0 bridgehead atoms. The van der Waals surface area contributed by atoms with Crippen LogP contribution in [0.2, 0.25) is 0 Å². The molecule has 2 aromatic carbocycles. The Hall–Kier alpha value is -2.93. The van der Waals surface area contributed by atoms with E-state index in [0.717, 1.165) is 17.7 Å². The lowest BCUT2D eigenvalue weighted by atomic mass is 10.1. The van der Waals surface area contributed by atoms with Crippen LogP contribution >= 0.6 is 0 Å². The van der Waals surface area contributed by atoms with Crippen LogP contribution in [0.5, 0.6) is 0 Å². The first kappa shape index (κ1) is 20.4. The molecule has 7 heteroatoms. The van der Waals surface area contributed by atoms with Crippen LogP contribution in [0.3, 0.4) is 0 Å². The molecule has 0 aromatic heterocycles. The molecule has 0 unspecified atom stereocenters. The Morgan fingerprint density at radius 3 is 2.56 bits per heavy atom. The number of hydrogen-bond acceptors (Lipinski definition) is 4. The second-order valence-electron chi connectivity index (χ2n) is 5.74. The van der Waals surface area contributed by atoms with E-state index >= 15 is 0 Å². The van der Waals surface area contributed by atoms with Crippen molar-refractivity contribution in [2.24, 2.45) is 10.7 Å². The fourth-order valence-electron chi connectivity index (χ4n) is 2.30. The van der Waals surface area contributed by atoms with Crippen molar-refractivity contribution in [2.45, 2.75) is 26.1 Å². The third kappa shape index (κ3) is 6.07. The number of rotatable bonds is 8. The van der Waals surface area contributed by atoms with Crippen molar-refractivity contribution in [3.05, 3.63) is 77.2 Å². The summed E-state index contributed by atoms with van der Waals surface area (Å²) in [5, 5.41) is 0. The molecule has 0 saturated heterocycles. The number of carbonyl (C=O) groups excluding carboxylic acids is 1. The molecule has 2 rings (SSSR count). The first-order valence-corrected chi connectivity index (χ1v) is 8.14. The largest absolute Gasteiger partial charge is 0.397 e. The van der Waals surface area contributed by atoms with Crippen LogP contribution in [0.15, 0.2) is 65.3 Å². The molecule has 0 radical (unpaired) electrons. The molecule has 0 aliphatic rings. The van der Waals surface area contributed by atoms with Crippen molar-refractivity contribution < 1.29 is 22.7 Å². The number of alkyl halides is 2. The van der Waals surface area contributed by atoms with E-state index in [9.17, 15) is 18.0 Å². The SMILES string of the molecule is C[C@@H](OCc1ccccc1)c1cc(F)ccc1N=C(C=O)C=C(N)C(F)F. The number of allylic oxidation sites excluding steroid dienone is 2. The molecule has 0 fully saturated rings. The summed E-state index contributed by atoms with van der Waals surface area (Å²) >= 11 is 0. The van der Waals surface area contributed by atoms with Gasteiger partial charge in [0, 0.05) is 5.56 Å². The molecule has 1 atom stereocenters. The van der Waals surface area contributed by atoms with Gasteiger partial charge in [0.2, 0.25) is 0 Å². The predicted octanol–water partition coefficient (Wildman–Crippen LogP) is 4.48. The maximum atomic E-state index is 13.7. The molecule has 27 heavy (non-hydrogen) atoms. The lowest BCUT2D eigenvalue weighted by Gasteiger charge is -2.16. The Morgan fingerprint density at radius 2 is 1.93 bits per heavy atom. The summed E-state index contributed by atoms with van der Waals surface area (Å²) in [6.45, 7) is 2.00. The second kappa shape index (κ2) is 9.68. The van der Waals surface area contributed by atoms with Gasteiger partial charge in [-0.25, -0.2) is 18.2 Å². The number of nitrogens with two attached hydrogens (primary N) is 1. The number of aldehydes is 1. The third-order valence-electron chi connectivity index (χ3n) is 3.71. The van der Waals surface area contributed by atoms with E-state index in [4.69, 9.17) is 10.5 Å². The molecule has 0 saturated carbocycles. The normalized spacial score (nSPS) is 13.7. The van der Waals surface area contributed by atoms with E-state index in [1.807, 2.05) is 30.3 Å². The summed E-state index contributed by atoms with van der Waals surface area (Å²) in [5.41, 5.74) is 5.65. The van der Waals surface area contributed by atoms with E-state index in [1.165, 1.54) is 12.1 Å². The molecule has 0 heterocycles. The van der Waals surface area contributed by atoms with E-state index in [1.54, 1.807) is 6.92 Å². The highest BCUT2D eigenvalue weighted by Gasteiger charge is 2.14. The van der Waals surface area contributed by atoms with Crippen LogP contribution in [0.1, 0.15) is 24.2 Å². The van der Waals surface area contributed by atoms with E-state index in [0.29, 0.717) is 18.5 Å². The highest BCUT2D eigenvalue weighted by atomic mass is 19.3. The van der Waals surface area contributed by atoms with Crippen molar-refractivity contribution in [2.75, 3.05) is 0 Å². The number of aliphatic imine (C=N–C) groups is 1. The maximum absolute atomic E-state index is 13.7. The number of hydrogen-bond donors (Lipinski definition) is 1. The Labute approximate surface area is 155 Å². The van der Waals surface area contributed by atoms with Gasteiger partial charge < -0.3 is 10.5 Å². The Kier molecular flexibility index (Phi) is 7.31. The van der Waals surface area contributed by atoms with Crippen LogP contribution in [0.4, 0.5) is 18.9 Å². The van der Waals surface area contributed by atoms with Gasteiger partial charge in [-0.2, -0.15) is 0 Å². The monoisotopic (exact) mass is 376 g/mol. The number of carbonyl (C=O) groups is 1. The third-order valence-corrected chi connectivity index (χ3v) is 3.71. The van der Waals surface area contributed by atoms with Gasteiger partial charge in [-0.05, 0) is 36.8 Å². The summed E-state index contributed by atoms with van der Waals surface area (Å²) < 4.78 is 44.6. The molecular weight excluding hydrogens is 357 g/mol. The quantitative estimate of drug-likeness (QED) is 0.546.